The number of halogens is 4. The van der Waals surface area contributed by atoms with Crippen LogP contribution in [0.1, 0.15) is 24.1 Å². The Morgan fingerprint density at radius 1 is 1.21 bits per heavy atom. The molecule has 1 N–H and O–H groups in total. The molecule has 6 rings (SSSR count). The SMILES string of the molecule is O=C(C1=C(c2ncccc2F)NCC=C1)N1CC2CC23CC(Oc2ccc(C(F)(F)F)cn2)C13. The topological polar surface area (TPSA) is 67.4 Å². The summed E-state index contributed by atoms with van der Waals surface area (Å²) >= 11 is 0. The van der Waals surface area contributed by atoms with Crippen molar-refractivity contribution in [1.29, 1.82) is 0 Å². The summed E-state index contributed by atoms with van der Waals surface area (Å²) in [6, 6.07) is 4.72. The molecule has 3 fully saturated rings. The molecule has 0 radical (unpaired) electrons. The minimum Gasteiger partial charge on any atom is -0.472 e. The third-order valence-electron chi connectivity index (χ3n) is 7.33. The first-order valence-corrected chi connectivity index (χ1v) is 11.0. The summed E-state index contributed by atoms with van der Waals surface area (Å²) in [5.74, 6) is -0.296. The molecular formula is C24H20F4N4O2. The van der Waals surface area contributed by atoms with E-state index in [0.29, 0.717) is 30.3 Å². The Balaban J connectivity index is 1.26. The molecule has 2 aliphatic heterocycles. The average molecular weight is 472 g/mol. The maximum absolute atomic E-state index is 14.4. The first-order chi connectivity index (χ1) is 16.3. The number of amides is 1. The fourth-order valence-electron chi connectivity index (χ4n) is 5.66. The van der Waals surface area contributed by atoms with Crippen molar-refractivity contribution in [3.63, 3.8) is 0 Å². The van der Waals surface area contributed by atoms with Gasteiger partial charge in [-0.2, -0.15) is 13.2 Å². The van der Waals surface area contributed by atoms with Gasteiger partial charge in [0.05, 0.1) is 22.9 Å². The van der Waals surface area contributed by atoms with E-state index in [-0.39, 0.29) is 35.0 Å². The highest BCUT2D eigenvalue weighted by Gasteiger charge is 2.76. The van der Waals surface area contributed by atoms with Crippen molar-refractivity contribution >= 4 is 11.6 Å². The zero-order chi connectivity index (χ0) is 23.7. The van der Waals surface area contributed by atoms with Crippen molar-refractivity contribution in [2.45, 2.75) is 31.2 Å². The zero-order valence-corrected chi connectivity index (χ0v) is 17.8. The van der Waals surface area contributed by atoms with E-state index in [1.165, 1.54) is 24.4 Å². The molecule has 2 saturated carbocycles. The van der Waals surface area contributed by atoms with Crippen LogP contribution in [0.4, 0.5) is 17.6 Å². The van der Waals surface area contributed by atoms with Gasteiger partial charge in [-0.3, -0.25) is 9.78 Å². The molecule has 2 aliphatic carbocycles. The highest BCUT2D eigenvalue weighted by atomic mass is 19.4. The van der Waals surface area contributed by atoms with Crippen molar-refractivity contribution < 1.29 is 27.1 Å². The highest BCUT2D eigenvalue weighted by molar-refractivity contribution is 6.04. The molecule has 0 aromatic carbocycles. The maximum atomic E-state index is 14.4. The number of likely N-dealkylation sites (tertiary alicyclic amines) is 1. The molecule has 176 valence electrons. The lowest BCUT2D eigenvalue weighted by molar-refractivity contribution is -0.138. The van der Waals surface area contributed by atoms with Gasteiger partial charge >= 0.3 is 6.18 Å². The molecule has 10 heteroatoms. The highest BCUT2D eigenvalue weighted by Crippen LogP contribution is 2.71. The number of aromatic nitrogens is 2. The number of piperidine rings is 1. The van der Waals surface area contributed by atoms with E-state index in [1.807, 2.05) is 0 Å². The lowest BCUT2D eigenvalue weighted by atomic mass is 9.73. The second-order valence-corrected chi connectivity index (χ2v) is 9.19. The van der Waals surface area contributed by atoms with Gasteiger partial charge in [-0.1, -0.05) is 6.08 Å². The van der Waals surface area contributed by atoms with Crippen LogP contribution in [0.3, 0.4) is 0 Å². The minimum absolute atomic E-state index is 0.00494. The number of dihydropyridines is 1. The molecule has 2 aromatic heterocycles. The van der Waals surface area contributed by atoms with Gasteiger partial charge in [0.2, 0.25) is 5.88 Å². The van der Waals surface area contributed by atoms with E-state index in [1.54, 1.807) is 17.1 Å². The van der Waals surface area contributed by atoms with Gasteiger partial charge in [-0.25, -0.2) is 9.37 Å². The van der Waals surface area contributed by atoms with Crippen molar-refractivity contribution in [3.8, 4) is 5.88 Å². The number of carbonyl (C=O) groups is 1. The molecule has 6 nitrogen and oxygen atoms in total. The Morgan fingerprint density at radius 2 is 2.06 bits per heavy atom. The van der Waals surface area contributed by atoms with E-state index >= 15 is 0 Å². The second-order valence-electron chi connectivity index (χ2n) is 9.19. The summed E-state index contributed by atoms with van der Waals surface area (Å²) in [4.78, 5) is 23.3. The number of hydrogen-bond donors (Lipinski definition) is 1. The van der Waals surface area contributed by atoms with E-state index in [9.17, 15) is 22.4 Å². The first-order valence-electron chi connectivity index (χ1n) is 11.0. The largest absolute Gasteiger partial charge is 0.472 e. The third kappa shape index (κ3) is 3.19. The number of nitrogens with zero attached hydrogens (tertiary/aromatic N) is 3. The third-order valence-corrected chi connectivity index (χ3v) is 7.33. The van der Waals surface area contributed by atoms with Crippen LogP contribution in [0.5, 0.6) is 5.88 Å². The van der Waals surface area contributed by atoms with Gasteiger partial charge in [0.1, 0.15) is 11.8 Å². The molecule has 1 amide bonds. The molecule has 0 bridgehead atoms. The van der Waals surface area contributed by atoms with Crippen LogP contribution in [0, 0.1) is 17.2 Å². The smallest absolute Gasteiger partial charge is 0.417 e. The Morgan fingerprint density at radius 3 is 2.79 bits per heavy atom. The lowest BCUT2D eigenvalue weighted by Crippen LogP contribution is -2.59. The quantitative estimate of drug-likeness (QED) is 0.690. The first kappa shape index (κ1) is 21.1. The summed E-state index contributed by atoms with van der Waals surface area (Å²) < 4.78 is 58.8. The van der Waals surface area contributed by atoms with Crippen molar-refractivity contribution in [2.24, 2.45) is 11.3 Å². The summed E-state index contributed by atoms with van der Waals surface area (Å²) in [6.07, 6.45) is 2.59. The van der Waals surface area contributed by atoms with Crippen LogP contribution in [0.2, 0.25) is 0 Å². The lowest BCUT2D eigenvalue weighted by Gasteiger charge is -2.47. The molecule has 34 heavy (non-hydrogen) atoms. The molecule has 4 aliphatic rings. The number of nitrogens with one attached hydrogen (secondary N) is 1. The molecule has 4 heterocycles. The Kier molecular flexibility index (Phi) is 4.53. The van der Waals surface area contributed by atoms with Gasteiger partial charge in [0.15, 0.2) is 5.82 Å². The summed E-state index contributed by atoms with van der Waals surface area (Å²) in [7, 11) is 0. The number of hydrogen-bond acceptors (Lipinski definition) is 5. The Hall–Kier alpha value is -3.43. The number of rotatable bonds is 4. The molecule has 1 spiro atoms. The normalized spacial score (nSPS) is 29.2. The second kappa shape index (κ2) is 7.28. The van der Waals surface area contributed by atoms with Crippen LogP contribution in [0.15, 0.2) is 54.4 Å². The standard InChI is InChI=1S/C24H20F4N4O2/c25-16-4-2-8-30-20(16)19-15(3-1-7-29-19)22(33)32-12-14-9-23(14)10-17(21(23)32)34-18-6-5-13(11-31-18)24(26,27)28/h1-6,8,11,14,17,21,29H,7,9-10,12H2. The van der Waals surface area contributed by atoms with Crippen molar-refractivity contribution in [1.82, 2.24) is 20.2 Å². The average Bonchev–Trinajstić information content (AvgIpc) is 3.47. The van der Waals surface area contributed by atoms with Gasteiger partial charge in [-0.15, -0.1) is 0 Å². The van der Waals surface area contributed by atoms with Crippen LogP contribution in [0.25, 0.3) is 5.70 Å². The zero-order valence-electron chi connectivity index (χ0n) is 17.8. The number of ether oxygens (including phenoxy) is 1. The fourth-order valence-corrected chi connectivity index (χ4v) is 5.66. The van der Waals surface area contributed by atoms with E-state index in [0.717, 1.165) is 25.1 Å². The van der Waals surface area contributed by atoms with Gasteiger partial charge < -0.3 is 15.0 Å². The van der Waals surface area contributed by atoms with E-state index in [2.05, 4.69) is 15.3 Å². The van der Waals surface area contributed by atoms with Crippen LogP contribution in [-0.2, 0) is 11.0 Å². The molecule has 1 saturated heterocycles. The Bertz CT molecular complexity index is 1230. The molecule has 4 atom stereocenters. The predicted molar refractivity (Wildman–Crippen MR) is 113 cm³/mol. The van der Waals surface area contributed by atoms with E-state index in [4.69, 9.17) is 4.74 Å². The predicted octanol–water partition coefficient (Wildman–Crippen LogP) is 3.57. The number of pyridine rings is 2. The monoisotopic (exact) mass is 472 g/mol. The van der Waals surface area contributed by atoms with Gasteiger partial charge in [-0.05, 0) is 43.0 Å². The summed E-state index contributed by atoms with van der Waals surface area (Å²) in [6.45, 7) is 1.02. The van der Waals surface area contributed by atoms with Gasteiger partial charge in [0, 0.05) is 37.0 Å². The van der Waals surface area contributed by atoms with Crippen LogP contribution >= 0.6 is 0 Å². The summed E-state index contributed by atoms with van der Waals surface area (Å²) in [5, 5.41) is 3.07. The van der Waals surface area contributed by atoms with Gasteiger partial charge in [0.25, 0.3) is 5.91 Å². The molecule has 4 unspecified atom stereocenters. The molecule has 2 aromatic rings. The fraction of sp³-hybridized carbons (Fsp3) is 0.375. The number of alkyl halides is 3. The minimum atomic E-state index is -4.47. The van der Waals surface area contributed by atoms with Crippen molar-refractivity contribution in [2.75, 3.05) is 13.1 Å². The Labute approximate surface area is 192 Å². The number of carbonyl (C=O) groups excluding carboxylic acids is 1. The van der Waals surface area contributed by atoms with Crippen molar-refractivity contribution in [3.05, 3.63) is 71.5 Å². The van der Waals surface area contributed by atoms with Crippen LogP contribution < -0.4 is 10.1 Å². The maximum Gasteiger partial charge on any atom is 0.417 e. The summed E-state index contributed by atoms with van der Waals surface area (Å²) in [5.41, 5.74) is -0.0815. The van der Waals surface area contributed by atoms with E-state index < -0.39 is 17.6 Å². The van der Waals surface area contributed by atoms with Crippen LogP contribution in [-0.4, -0.2) is 46.0 Å². The molecular weight excluding hydrogens is 452 g/mol.